The molecule has 10 heteroatoms. The highest BCUT2D eigenvalue weighted by atomic mass is 16.3. The minimum absolute atomic E-state index is 0.230. The van der Waals surface area contributed by atoms with Crippen LogP contribution in [0, 0.1) is 0 Å². The van der Waals surface area contributed by atoms with Crippen molar-refractivity contribution in [1.82, 2.24) is 19.4 Å². The maximum absolute atomic E-state index is 13.8. The second-order valence-corrected chi connectivity index (χ2v) is 10.6. The Kier molecular flexibility index (Phi) is 4.31. The molecule has 1 N–H and O–H groups in total. The van der Waals surface area contributed by atoms with Crippen molar-refractivity contribution in [1.29, 1.82) is 0 Å². The van der Waals surface area contributed by atoms with E-state index in [9.17, 15) is 24.3 Å². The molecule has 10 nitrogen and oxygen atoms in total. The second-order valence-electron chi connectivity index (χ2n) is 10.6. The van der Waals surface area contributed by atoms with Crippen LogP contribution in [0.5, 0.6) is 0 Å². The summed E-state index contributed by atoms with van der Waals surface area (Å²) < 4.78 is 1.30. The summed E-state index contributed by atoms with van der Waals surface area (Å²) in [6, 6.07) is 12.7. The molecular formula is C28H25N5O5. The predicted octanol–water partition coefficient (Wildman–Crippen LogP) is 1.73. The van der Waals surface area contributed by atoms with Gasteiger partial charge < -0.3 is 14.9 Å². The Morgan fingerprint density at radius 2 is 1.79 bits per heavy atom. The Balaban J connectivity index is 1.45. The van der Waals surface area contributed by atoms with Gasteiger partial charge in [-0.05, 0) is 31.0 Å². The van der Waals surface area contributed by atoms with Gasteiger partial charge in [0, 0.05) is 26.0 Å². The fourth-order valence-electron chi connectivity index (χ4n) is 6.64. The van der Waals surface area contributed by atoms with Crippen LogP contribution in [0.2, 0.25) is 0 Å². The molecule has 2 aromatic carbocycles. The number of rotatable bonds is 2. The van der Waals surface area contributed by atoms with Crippen LogP contribution in [-0.4, -0.2) is 60.9 Å². The molecule has 3 aliphatic heterocycles. The quantitative estimate of drug-likeness (QED) is 0.560. The van der Waals surface area contributed by atoms with Crippen LogP contribution < -0.4 is 10.5 Å². The Labute approximate surface area is 217 Å². The number of carbonyl (C=O) groups is 3. The van der Waals surface area contributed by atoms with Gasteiger partial charge in [0.15, 0.2) is 5.82 Å². The van der Waals surface area contributed by atoms with Crippen molar-refractivity contribution < 1.29 is 19.5 Å². The fourth-order valence-corrected chi connectivity index (χ4v) is 6.64. The molecule has 1 spiro atoms. The number of amides is 3. The molecule has 0 unspecified atom stereocenters. The highest BCUT2D eigenvalue weighted by molar-refractivity contribution is 6.10. The summed E-state index contributed by atoms with van der Waals surface area (Å²) in [7, 11) is 1.56. The van der Waals surface area contributed by atoms with Gasteiger partial charge >= 0.3 is 0 Å². The first-order valence-electron chi connectivity index (χ1n) is 12.6. The molecule has 192 valence electrons. The summed E-state index contributed by atoms with van der Waals surface area (Å²) in [6.45, 7) is 5.38. The minimum atomic E-state index is -1.83. The van der Waals surface area contributed by atoms with Gasteiger partial charge in [0.25, 0.3) is 11.5 Å². The number of carbonyl (C=O) groups excluding carboxylic acids is 3. The lowest BCUT2D eigenvalue weighted by Crippen LogP contribution is -2.56. The van der Waals surface area contributed by atoms with Gasteiger partial charge in [0.05, 0.1) is 22.3 Å². The van der Waals surface area contributed by atoms with Crippen molar-refractivity contribution in [3.63, 3.8) is 0 Å². The van der Waals surface area contributed by atoms with E-state index in [-0.39, 0.29) is 29.8 Å². The zero-order valence-corrected chi connectivity index (χ0v) is 20.9. The molecule has 0 bridgehead atoms. The van der Waals surface area contributed by atoms with Gasteiger partial charge in [0.1, 0.15) is 23.3 Å². The summed E-state index contributed by atoms with van der Waals surface area (Å²) in [6.07, 6.45) is -0.260. The van der Waals surface area contributed by atoms with Crippen LogP contribution in [0.3, 0.4) is 0 Å². The van der Waals surface area contributed by atoms with Crippen molar-refractivity contribution in [3.8, 4) is 0 Å². The van der Waals surface area contributed by atoms with Crippen LogP contribution in [0.25, 0.3) is 16.6 Å². The number of anilines is 1. The van der Waals surface area contributed by atoms with Crippen molar-refractivity contribution in [3.05, 3.63) is 76.9 Å². The lowest BCUT2D eigenvalue weighted by atomic mass is 9.84. The maximum atomic E-state index is 13.8. The van der Waals surface area contributed by atoms with Crippen LogP contribution in [0.4, 0.5) is 5.69 Å². The van der Waals surface area contributed by atoms with E-state index in [0.717, 1.165) is 0 Å². The molecule has 3 atom stereocenters. The van der Waals surface area contributed by atoms with Gasteiger partial charge in [-0.3, -0.25) is 28.6 Å². The third-order valence-corrected chi connectivity index (χ3v) is 8.59. The van der Waals surface area contributed by atoms with E-state index in [1.807, 2.05) is 0 Å². The van der Waals surface area contributed by atoms with E-state index in [4.69, 9.17) is 0 Å². The SMILES string of the molecule is C=C1c2nc3ccccc3c(=O)n2[C@H](C[C@@]2(O)c3ccccc3N3C(=O)C4(CC4)N(C(C)=O)[C@@H]32)C(=O)N1C. The highest BCUT2D eigenvalue weighted by Crippen LogP contribution is 2.60. The van der Waals surface area contributed by atoms with Crippen molar-refractivity contribution in [2.75, 3.05) is 11.9 Å². The van der Waals surface area contributed by atoms with Crippen LogP contribution in [-0.2, 0) is 20.0 Å². The zero-order valence-electron chi connectivity index (χ0n) is 20.9. The van der Waals surface area contributed by atoms with E-state index >= 15 is 0 Å². The van der Waals surface area contributed by atoms with Crippen molar-refractivity contribution >= 4 is 40.0 Å². The normalized spacial score (nSPS) is 26.7. The number of aliphatic hydroxyl groups is 1. The molecular weight excluding hydrogens is 486 g/mol. The van der Waals surface area contributed by atoms with Gasteiger partial charge in [0.2, 0.25) is 11.8 Å². The Morgan fingerprint density at radius 3 is 2.50 bits per heavy atom. The molecule has 0 radical (unpaired) electrons. The smallest absolute Gasteiger partial charge is 0.262 e. The molecule has 4 heterocycles. The van der Waals surface area contributed by atoms with Crippen LogP contribution in [0.1, 0.15) is 43.6 Å². The number of likely N-dealkylation sites (N-methyl/N-ethyl adjacent to an activating group) is 1. The van der Waals surface area contributed by atoms with Crippen LogP contribution in [0.15, 0.2) is 59.9 Å². The third-order valence-electron chi connectivity index (χ3n) is 8.59. The van der Waals surface area contributed by atoms with E-state index in [1.165, 1.54) is 26.2 Å². The molecule has 1 saturated carbocycles. The van der Waals surface area contributed by atoms with Crippen LogP contribution >= 0.6 is 0 Å². The number of hydrogen-bond acceptors (Lipinski definition) is 6. The summed E-state index contributed by atoms with van der Waals surface area (Å²) in [5, 5.41) is 12.9. The Morgan fingerprint density at radius 1 is 1.11 bits per heavy atom. The predicted molar refractivity (Wildman–Crippen MR) is 138 cm³/mol. The lowest BCUT2D eigenvalue weighted by molar-refractivity contribution is -0.144. The molecule has 3 aromatic rings. The first-order valence-corrected chi connectivity index (χ1v) is 12.6. The standard InChI is InChI=1S/C28H25N5O5/c1-15-22-29-19-10-6-4-8-17(19)23(35)31(22)21(24(36)30(15)3)14-28(38)18-9-5-7-11-20(18)32-25(28)33(16(2)34)27(12-13-27)26(32)37/h4-11,21,25,38H,1,12-14H2,2-3H3/t21-,25-,28-/m1/s1. The fraction of sp³-hybridized carbons (Fsp3) is 0.321. The summed E-state index contributed by atoms with van der Waals surface area (Å²) in [5.74, 6) is -0.768. The highest BCUT2D eigenvalue weighted by Gasteiger charge is 2.73. The van der Waals surface area contributed by atoms with E-state index < -0.39 is 34.8 Å². The number of nitrogens with zero attached hydrogens (tertiary/aromatic N) is 5. The topological polar surface area (TPSA) is 116 Å². The number of benzene rings is 2. The molecule has 1 saturated heterocycles. The Hall–Kier alpha value is -4.31. The molecule has 2 fully saturated rings. The van der Waals surface area contributed by atoms with E-state index in [0.29, 0.717) is 35.0 Å². The molecule has 3 amide bonds. The lowest BCUT2D eigenvalue weighted by Gasteiger charge is -2.41. The summed E-state index contributed by atoms with van der Waals surface area (Å²) in [4.78, 5) is 63.1. The maximum Gasteiger partial charge on any atom is 0.262 e. The second kappa shape index (κ2) is 7.16. The zero-order chi connectivity index (χ0) is 26.7. The monoisotopic (exact) mass is 511 g/mol. The number of hydrogen-bond donors (Lipinski definition) is 1. The van der Waals surface area contributed by atoms with E-state index in [2.05, 4.69) is 11.6 Å². The van der Waals surface area contributed by atoms with Crippen molar-refractivity contribution in [2.45, 2.75) is 49.5 Å². The Bertz CT molecular complexity index is 1690. The summed E-state index contributed by atoms with van der Waals surface area (Å²) >= 11 is 0. The first kappa shape index (κ1) is 22.9. The summed E-state index contributed by atoms with van der Waals surface area (Å²) in [5.41, 5.74) is -1.54. The van der Waals surface area contributed by atoms with Gasteiger partial charge in [-0.1, -0.05) is 36.9 Å². The van der Waals surface area contributed by atoms with Gasteiger partial charge in [-0.15, -0.1) is 0 Å². The largest absolute Gasteiger partial charge is 0.381 e. The number of para-hydroxylation sites is 2. The molecule has 1 aliphatic carbocycles. The van der Waals surface area contributed by atoms with Gasteiger partial charge in [-0.25, -0.2) is 4.98 Å². The van der Waals surface area contributed by atoms with Crippen molar-refractivity contribution in [2.24, 2.45) is 0 Å². The molecule has 7 rings (SSSR count). The first-order chi connectivity index (χ1) is 18.1. The average molecular weight is 512 g/mol. The molecule has 38 heavy (non-hydrogen) atoms. The molecule has 1 aromatic heterocycles. The molecule has 4 aliphatic rings. The number of fused-ring (bicyclic) bond motifs is 5. The van der Waals surface area contributed by atoms with E-state index in [1.54, 1.807) is 55.6 Å². The minimum Gasteiger partial charge on any atom is -0.381 e. The number of aromatic nitrogens is 2. The third kappa shape index (κ3) is 2.57. The van der Waals surface area contributed by atoms with Gasteiger partial charge in [-0.2, -0.15) is 0 Å². The average Bonchev–Trinajstić information content (AvgIpc) is 3.60.